The lowest BCUT2D eigenvalue weighted by molar-refractivity contribution is 0.101. The highest BCUT2D eigenvalue weighted by Crippen LogP contribution is 2.32. The van der Waals surface area contributed by atoms with Crippen molar-refractivity contribution in [2.24, 2.45) is 5.92 Å². The first-order valence-electron chi connectivity index (χ1n) is 5.14. The quantitative estimate of drug-likeness (QED) is 0.769. The summed E-state index contributed by atoms with van der Waals surface area (Å²) in [5, 5.41) is 9.54. The molecule has 1 aliphatic rings. The van der Waals surface area contributed by atoms with Gasteiger partial charge in [0.1, 0.15) is 17.1 Å². The molecule has 3 heteroatoms. The Morgan fingerprint density at radius 2 is 2.27 bits per heavy atom. The van der Waals surface area contributed by atoms with Crippen molar-refractivity contribution in [2.45, 2.75) is 19.8 Å². The molecule has 0 radical (unpaired) electrons. The van der Waals surface area contributed by atoms with Gasteiger partial charge in [-0.1, -0.05) is 6.07 Å². The summed E-state index contributed by atoms with van der Waals surface area (Å²) in [6.07, 6.45) is 2.41. The minimum atomic E-state index is -0.168. The van der Waals surface area contributed by atoms with Gasteiger partial charge < -0.3 is 9.84 Å². The van der Waals surface area contributed by atoms with E-state index in [1.54, 1.807) is 12.1 Å². The van der Waals surface area contributed by atoms with Crippen molar-refractivity contribution in [3.8, 4) is 11.5 Å². The Morgan fingerprint density at radius 3 is 2.87 bits per heavy atom. The second-order valence-corrected chi connectivity index (χ2v) is 3.96. The fraction of sp³-hybridized carbons (Fsp3) is 0.417. The molecule has 0 heterocycles. The van der Waals surface area contributed by atoms with E-state index in [1.165, 1.54) is 25.8 Å². The van der Waals surface area contributed by atoms with Crippen LogP contribution in [0.4, 0.5) is 0 Å². The molecule has 0 amide bonds. The molecule has 1 aliphatic carbocycles. The van der Waals surface area contributed by atoms with Crippen molar-refractivity contribution < 1.29 is 14.6 Å². The number of phenolic OH excluding ortho intramolecular Hbond substituents is 1. The molecule has 0 saturated heterocycles. The molecule has 0 aliphatic heterocycles. The van der Waals surface area contributed by atoms with Crippen molar-refractivity contribution in [2.75, 3.05) is 6.61 Å². The van der Waals surface area contributed by atoms with Crippen LogP contribution in [0.15, 0.2) is 18.2 Å². The summed E-state index contributed by atoms with van der Waals surface area (Å²) < 4.78 is 5.52. The summed E-state index contributed by atoms with van der Waals surface area (Å²) in [5.74, 6) is 0.955. The van der Waals surface area contributed by atoms with E-state index in [2.05, 4.69) is 0 Å². The van der Waals surface area contributed by atoms with Crippen LogP contribution in [0, 0.1) is 5.92 Å². The topological polar surface area (TPSA) is 46.5 Å². The maximum atomic E-state index is 11.3. The van der Waals surface area contributed by atoms with Gasteiger partial charge in [0, 0.05) is 0 Å². The predicted octanol–water partition coefficient (Wildman–Crippen LogP) is 2.38. The molecule has 1 aromatic rings. The zero-order chi connectivity index (χ0) is 10.8. The zero-order valence-electron chi connectivity index (χ0n) is 8.69. The van der Waals surface area contributed by atoms with Gasteiger partial charge in [-0.3, -0.25) is 4.79 Å². The first-order valence-corrected chi connectivity index (χ1v) is 5.14. The van der Waals surface area contributed by atoms with Crippen molar-refractivity contribution in [3.63, 3.8) is 0 Å². The fourth-order valence-electron chi connectivity index (χ4n) is 1.49. The van der Waals surface area contributed by atoms with E-state index < -0.39 is 0 Å². The summed E-state index contributed by atoms with van der Waals surface area (Å²) in [4.78, 5) is 11.3. The zero-order valence-corrected chi connectivity index (χ0v) is 8.69. The lowest BCUT2D eigenvalue weighted by Crippen LogP contribution is -2.04. The van der Waals surface area contributed by atoms with E-state index in [9.17, 15) is 9.90 Å². The van der Waals surface area contributed by atoms with Crippen LogP contribution in [-0.2, 0) is 0 Å². The average Bonchev–Trinajstić information content (AvgIpc) is 2.97. The van der Waals surface area contributed by atoms with Gasteiger partial charge in [0.25, 0.3) is 0 Å². The lowest BCUT2D eigenvalue weighted by atomic mass is 10.1. The third-order valence-corrected chi connectivity index (χ3v) is 2.53. The van der Waals surface area contributed by atoms with Crippen molar-refractivity contribution >= 4 is 5.78 Å². The van der Waals surface area contributed by atoms with E-state index in [0.717, 1.165) is 0 Å². The predicted molar refractivity (Wildman–Crippen MR) is 56.3 cm³/mol. The van der Waals surface area contributed by atoms with Crippen LogP contribution >= 0.6 is 0 Å². The van der Waals surface area contributed by atoms with Gasteiger partial charge in [-0.15, -0.1) is 0 Å². The monoisotopic (exact) mass is 206 g/mol. The van der Waals surface area contributed by atoms with Crippen LogP contribution in [0.5, 0.6) is 11.5 Å². The summed E-state index contributed by atoms with van der Waals surface area (Å²) in [6.45, 7) is 2.07. The first-order chi connectivity index (χ1) is 7.18. The fourth-order valence-corrected chi connectivity index (χ4v) is 1.49. The number of rotatable bonds is 4. The molecule has 1 aromatic carbocycles. The molecular weight excluding hydrogens is 192 g/mol. The first kappa shape index (κ1) is 10.0. The summed E-state index contributed by atoms with van der Waals surface area (Å²) in [6, 6.07) is 4.91. The molecule has 15 heavy (non-hydrogen) atoms. The molecule has 0 aromatic heterocycles. The summed E-state index contributed by atoms with van der Waals surface area (Å²) in [7, 11) is 0. The molecule has 0 atom stereocenters. The van der Waals surface area contributed by atoms with Gasteiger partial charge in [0.15, 0.2) is 5.78 Å². The number of phenols is 1. The molecule has 1 N–H and O–H groups in total. The second kappa shape index (κ2) is 3.93. The van der Waals surface area contributed by atoms with Gasteiger partial charge >= 0.3 is 0 Å². The minimum absolute atomic E-state index is 0.00389. The molecule has 80 valence electrons. The maximum Gasteiger partial charge on any atom is 0.167 e. The Hall–Kier alpha value is -1.51. The van der Waals surface area contributed by atoms with Gasteiger partial charge in [-0.25, -0.2) is 0 Å². The largest absolute Gasteiger partial charge is 0.507 e. The van der Waals surface area contributed by atoms with Gasteiger partial charge in [-0.2, -0.15) is 0 Å². The minimum Gasteiger partial charge on any atom is -0.507 e. The number of carbonyl (C=O) groups is 1. The smallest absolute Gasteiger partial charge is 0.167 e. The highest BCUT2D eigenvalue weighted by Gasteiger charge is 2.23. The van der Waals surface area contributed by atoms with Crippen LogP contribution in [-0.4, -0.2) is 17.5 Å². The molecule has 0 spiro atoms. The normalized spacial score (nSPS) is 15.0. The Bertz CT molecular complexity index is 380. The van der Waals surface area contributed by atoms with Crippen molar-refractivity contribution in [1.82, 2.24) is 0 Å². The number of aromatic hydroxyl groups is 1. The Morgan fingerprint density at radius 1 is 1.53 bits per heavy atom. The molecule has 1 saturated carbocycles. The van der Waals surface area contributed by atoms with E-state index >= 15 is 0 Å². The number of ether oxygens (including phenoxy) is 1. The van der Waals surface area contributed by atoms with Crippen LogP contribution in [0.25, 0.3) is 0 Å². The number of ketones is 1. The Balaban J connectivity index is 2.19. The lowest BCUT2D eigenvalue weighted by Gasteiger charge is -2.10. The van der Waals surface area contributed by atoms with E-state index in [-0.39, 0.29) is 17.1 Å². The van der Waals surface area contributed by atoms with Crippen LogP contribution in [0.2, 0.25) is 0 Å². The molecular formula is C12H14O3. The SMILES string of the molecule is CC(=O)c1c(O)cccc1OCC1CC1. The van der Waals surface area contributed by atoms with Crippen molar-refractivity contribution in [1.29, 1.82) is 0 Å². The highest BCUT2D eigenvalue weighted by molar-refractivity contribution is 5.99. The highest BCUT2D eigenvalue weighted by atomic mass is 16.5. The van der Waals surface area contributed by atoms with E-state index in [0.29, 0.717) is 18.3 Å². The summed E-state index contributed by atoms with van der Waals surface area (Å²) in [5.41, 5.74) is 0.290. The maximum absolute atomic E-state index is 11.3. The van der Waals surface area contributed by atoms with Crippen LogP contribution in [0.1, 0.15) is 30.1 Å². The molecule has 0 bridgehead atoms. The third-order valence-electron chi connectivity index (χ3n) is 2.53. The number of hydrogen-bond acceptors (Lipinski definition) is 3. The Labute approximate surface area is 88.7 Å². The van der Waals surface area contributed by atoms with Crippen molar-refractivity contribution in [3.05, 3.63) is 23.8 Å². The number of Topliss-reactive ketones (excluding diaryl/α,β-unsaturated/α-hetero) is 1. The molecule has 0 unspecified atom stereocenters. The number of hydrogen-bond donors (Lipinski definition) is 1. The third kappa shape index (κ3) is 2.29. The standard InChI is InChI=1S/C12H14O3/c1-8(13)12-10(14)3-2-4-11(12)15-7-9-5-6-9/h2-4,9,14H,5-7H2,1H3. The van der Waals surface area contributed by atoms with Gasteiger partial charge in [0.2, 0.25) is 0 Å². The number of carbonyl (C=O) groups excluding carboxylic acids is 1. The molecule has 3 nitrogen and oxygen atoms in total. The van der Waals surface area contributed by atoms with E-state index in [1.807, 2.05) is 0 Å². The van der Waals surface area contributed by atoms with E-state index in [4.69, 9.17) is 4.74 Å². The average molecular weight is 206 g/mol. The number of benzene rings is 1. The molecule has 1 fully saturated rings. The second-order valence-electron chi connectivity index (χ2n) is 3.96. The van der Waals surface area contributed by atoms with Gasteiger partial charge in [-0.05, 0) is 37.8 Å². The van der Waals surface area contributed by atoms with Crippen LogP contribution < -0.4 is 4.74 Å². The Kier molecular flexibility index (Phi) is 2.62. The summed E-state index contributed by atoms with van der Waals surface area (Å²) >= 11 is 0. The molecule has 2 rings (SSSR count). The van der Waals surface area contributed by atoms with Crippen LogP contribution in [0.3, 0.4) is 0 Å². The van der Waals surface area contributed by atoms with Gasteiger partial charge in [0.05, 0.1) is 6.61 Å².